The zero-order valence-electron chi connectivity index (χ0n) is 48.8. The molecule has 1 aromatic rings. The number of aromatic amines is 1. The number of hydrogen-bond donors (Lipinski definition) is 5. The fourth-order valence-electron chi connectivity index (χ4n) is 12.8. The Hall–Kier alpha value is -4.57. The van der Waals surface area contributed by atoms with Crippen LogP contribution < -0.4 is 21.9 Å². The lowest BCUT2D eigenvalue weighted by atomic mass is 9.73. The number of ether oxygens (including phenoxy) is 10. The number of carbonyl (C=O) groups is 5. The van der Waals surface area contributed by atoms with E-state index >= 15 is 9.59 Å². The van der Waals surface area contributed by atoms with Crippen molar-refractivity contribution in [2.75, 3.05) is 48.0 Å². The molecule has 5 N–H and O–H groups in total. The minimum absolute atomic E-state index is 0.0275. The van der Waals surface area contributed by atoms with Crippen LogP contribution in [0.3, 0.4) is 0 Å². The van der Waals surface area contributed by atoms with E-state index in [1.165, 1.54) is 43.7 Å². The van der Waals surface area contributed by atoms with Gasteiger partial charge in [0.25, 0.3) is 5.56 Å². The second-order valence-corrected chi connectivity index (χ2v) is 23.3. The lowest BCUT2D eigenvalue weighted by Gasteiger charge is -2.50. The molecule has 0 radical (unpaired) electrons. The predicted molar refractivity (Wildman–Crippen MR) is 281 cm³/mol. The molecular formula is C54H88N6O19. The van der Waals surface area contributed by atoms with E-state index in [-0.39, 0.29) is 62.3 Å². The van der Waals surface area contributed by atoms with Crippen molar-refractivity contribution >= 4 is 29.8 Å². The number of H-pyrrole nitrogens is 1. The van der Waals surface area contributed by atoms with Gasteiger partial charge < -0.3 is 73.1 Å². The first-order valence-electron chi connectivity index (χ1n) is 27.6. The van der Waals surface area contributed by atoms with E-state index in [2.05, 4.69) is 15.6 Å². The molecule has 5 saturated heterocycles. The summed E-state index contributed by atoms with van der Waals surface area (Å²) in [5.41, 5.74) is -5.13. The van der Waals surface area contributed by atoms with Crippen molar-refractivity contribution in [1.82, 2.24) is 30.0 Å². The number of Topliss-reactive ketones (excluding diaryl/α,β-unsaturated/α-hetero) is 1. The molecular weight excluding hydrogens is 1040 g/mol. The van der Waals surface area contributed by atoms with Gasteiger partial charge >= 0.3 is 29.8 Å². The number of cyclic esters (lactones) is 1. The summed E-state index contributed by atoms with van der Waals surface area (Å²) in [6, 6.07) is -2.88. The second-order valence-electron chi connectivity index (χ2n) is 23.3. The Labute approximate surface area is 462 Å². The first-order valence-corrected chi connectivity index (χ1v) is 27.6. The maximum Gasteiger partial charge on any atom is 0.410 e. The first-order chi connectivity index (χ1) is 37.0. The lowest BCUT2D eigenvalue weighted by Crippen LogP contribution is -2.62. The van der Waals surface area contributed by atoms with Crippen LogP contribution in [0.1, 0.15) is 120 Å². The zero-order chi connectivity index (χ0) is 58.8. The third kappa shape index (κ3) is 13.5. The third-order valence-electron chi connectivity index (χ3n) is 17.2. The molecule has 0 aromatic carbocycles. The fourth-order valence-corrected chi connectivity index (χ4v) is 12.8. The average molecular weight is 1130 g/mol. The van der Waals surface area contributed by atoms with Crippen LogP contribution in [0.4, 0.5) is 9.59 Å². The van der Waals surface area contributed by atoms with Crippen LogP contribution in [0.5, 0.6) is 0 Å². The normalized spacial score (nSPS) is 40.5. The second kappa shape index (κ2) is 25.7. The number of aryl methyl sites for hydroxylation is 1. The SMILES string of the molecule is CC[C@H]1OC(=O)[C@H](C)[C@@H](O[C@H]2C[C@@](C)(OC)[C@@H](OC(C)=O)[C@H](C)O2)[C@H](C)[C@@H](O[C@@H]2O[C@H](C)C[C@H](N(C)C)[C@H]2O)[C@](C)(OC)C[C@@H](C)C(=O)[C@H](C)[C@@H]2N(CCNC(=O)N[C@H]3C[C@H](n4cc(C)c(=O)[nH]c4=O)O[C@@H]3CO)C(=O)O[C@@]21C. The molecule has 0 spiro atoms. The van der Waals surface area contributed by atoms with Gasteiger partial charge in [-0.05, 0) is 81.8 Å². The number of aromatic nitrogens is 2. The van der Waals surface area contributed by atoms with Crippen LogP contribution in [0.15, 0.2) is 15.8 Å². The molecule has 5 aliphatic heterocycles. The molecule has 0 aliphatic carbocycles. The Kier molecular flexibility index (Phi) is 20.7. The highest BCUT2D eigenvalue weighted by Crippen LogP contribution is 2.45. The van der Waals surface area contributed by atoms with Gasteiger partial charge in [0.15, 0.2) is 24.3 Å². The van der Waals surface area contributed by atoms with Crippen molar-refractivity contribution in [2.24, 2.45) is 23.7 Å². The summed E-state index contributed by atoms with van der Waals surface area (Å²) in [6.45, 7) is 19.5. The molecule has 6 heterocycles. The smallest absolute Gasteiger partial charge is 0.410 e. The number of hydrogen-bond acceptors (Lipinski definition) is 20. The number of carbonyl (C=O) groups excluding carboxylic acids is 5. The summed E-state index contributed by atoms with van der Waals surface area (Å²) in [5, 5.41) is 27.6. The van der Waals surface area contributed by atoms with Gasteiger partial charge in [-0.25, -0.2) is 14.4 Å². The van der Waals surface area contributed by atoms with Gasteiger partial charge in [-0.1, -0.05) is 27.7 Å². The largest absolute Gasteiger partial charge is 0.458 e. The highest BCUT2D eigenvalue weighted by Gasteiger charge is 2.61. The van der Waals surface area contributed by atoms with E-state index in [9.17, 15) is 34.2 Å². The molecule has 21 atom stereocenters. The third-order valence-corrected chi connectivity index (χ3v) is 17.2. The van der Waals surface area contributed by atoms with Gasteiger partial charge in [0.05, 0.1) is 54.6 Å². The van der Waals surface area contributed by atoms with E-state index in [1.54, 1.807) is 55.4 Å². The minimum Gasteiger partial charge on any atom is -0.458 e. The predicted octanol–water partition coefficient (Wildman–Crippen LogP) is 2.28. The van der Waals surface area contributed by atoms with Gasteiger partial charge in [0.2, 0.25) is 0 Å². The van der Waals surface area contributed by atoms with Crippen molar-refractivity contribution < 1.29 is 81.6 Å². The maximum atomic E-state index is 15.2. The van der Waals surface area contributed by atoms with Gasteiger partial charge in [0, 0.05) is 82.6 Å². The van der Waals surface area contributed by atoms with E-state index in [1.807, 2.05) is 32.8 Å². The number of rotatable bonds is 15. The standard InChI is InChI=1S/C54H88N6O19/c1-17-37-54(12)43(59(51(69)79-54)19-18-55-49(67)56-34-21-38(75-36(34)25-61)60-24-27(3)46(65)57-50(60)68)29(5)40(63)26(2)22-52(10,70-15)44(78-48-41(64)35(58(13)14)20-28(4)72-48)30(6)42(31(7)47(66)76-37)77-39-23-53(11,71-16)45(32(8)73-39)74-33(9)62/h24,26,28-32,34-39,41-45,48,61,64H,17-23,25H2,1-16H3,(H2,55,56,67)(H,57,65,68)/t26-,28-,29+,30+,31-,32+,34+,35+,36-,37-,38-,39+,41-,42+,43+,44-,45+,48+,52-,53-,54-/m1/s1. The molecule has 25 heteroatoms. The van der Waals surface area contributed by atoms with Crippen LogP contribution >= 0.6 is 0 Å². The van der Waals surface area contributed by atoms with Crippen molar-refractivity contribution in [1.29, 1.82) is 0 Å². The molecule has 0 saturated carbocycles. The fraction of sp³-hybridized carbons (Fsp3) is 0.833. The van der Waals surface area contributed by atoms with Gasteiger partial charge in [-0.2, -0.15) is 0 Å². The van der Waals surface area contributed by atoms with Crippen molar-refractivity contribution in [2.45, 2.75) is 218 Å². The number of fused-ring (bicyclic) bond motifs is 1. The summed E-state index contributed by atoms with van der Waals surface area (Å²) < 4.78 is 64.7. The highest BCUT2D eigenvalue weighted by molar-refractivity contribution is 5.85. The Morgan fingerprint density at radius 3 is 2.18 bits per heavy atom. The Bertz CT molecular complexity index is 2440. The molecule has 5 aliphatic rings. The molecule has 25 nitrogen and oxygen atoms in total. The van der Waals surface area contributed by atoms with Crippen LogP contribution in [-0.4, -0.2) is 204 Å². The Balaban J connectivity index is 1.34. The number of esters is 2. The molecule has 5 fully saturated rings. The lowest BCUT2D eigenvalue weighted by molar-refractivity contribution is -0.320. The summed E-state index contributed by atoms with van der Waals surface area (Å²) >= 11 is 0. The molecule has 79 heavy (non-hydrogen) atoms. The summed E-state index contributed by atoms with van der Waals surface area (Å²) in [6.07, 6.45) is -9.14. The first kappa shape index (κ1) is 63.6. The average Bonchev–Trinajstić information content (AvgIpc) is 3.92. The van der Waals surface area contributed by atoms with Crippen molar-refractivity contribution in [3.8, 4) is 0 Å². The Morgan fingerprint density at radius 2 is 1.57 bits per heavy atom. The summed E-state index contributed by atoms with van der Waals surface area (Å²) in [4.78, 5) is 101. The molecule has 6 rings (SSSR count). The molecule has 0 unspecified atom stereocenters. The molecule has 0 bridgehead atoms. The molecule has 1 aromatic heterocycles. The van der Waals surface area contributed by atoms with Crippen LogP contribution in [-0.2, 0) is 61.8 Å². The maximum absolute atomic E-state index is 15.2. The van der Waals surface area contributed by atoms with Crippen LogP contribution in [0, 0.1) is 30.6 Å². The monoisotopic (exact) mass is 1120 g/mol. The summed E-state index contributed by atoms with van der Waals surface area (Å²) in [7, 11) is 6.70. The number of urea groups is 1. The Morgan fingerprint density at radius 1 is 0.911 bits per heavy atom. The van der Waals surface area contributed by atoms with Gasteiger partial charge in [-0.3, -0.25) is 33.6 Å². The van der Waals surface area contributed by atoms with E-state index in [4.69, 9.17) is 47.4 Å². The van der Waals surface area contributed by atoms with E-state index in [0.717, 1.165) is 0 Å². The molecule has 3 amide bonds. The van der Waals surface area contributed by atoms with Gasteiger partial charge in [0.1, 0.15) is 35.9 Å². The summed E-state index contributed by atoms with van der Waals surface area (Å²) in [5.74, 6) is -5.28. The van der Waals surface area contributed by atoms with Crippen LogP contribution in [0.2, 0.25) is 0 Å². The zero-order valence-corrected chi connectivity index (χ0v) is 48.8. The van der Waals surface area contributed by atoms with Crippen molar-refractivity contribution in [3.05, 3.63) is 32.6 Å². The number of methoxy groups -OCH3 is 2. The number of nitrogens with zero attached hydrogens (tertiary/aromatic N) is 3. The van der Waals surface area contributed by atoms with Crippen LogP contribution in [0.25, 0.3) is 0 Å². The van der Waals surface area contributed by atoms with E-state index < -0.39 is 156 Å². The molecule has 448 valence electrons. The van der Waals surface area contributed by atoms with Gasteiger partial charge in [-0.15, -0.1) is 0 Å². The number of nitrogens with one attached hydrogen (secondary N) is 3. The minimum atomic E-state index is -1.63. The number of amides is 3. The number of ketones is 1. The topological polar surface area (TPSA) is 304 Å². The number of likely N-dealkylation sites (N-methyl/N-ethyl adjacent to an activating group) is 1. The van der Waals surface area contributed by atoms with E-state index in [0.29, 0.717) is 6.42 Å². The quantitative estimate of drug-likeness (QED) is 0.124. The highest BCUT2D eigenvalue weighted by atomic mass is 16.7. The number of aliphatic hydroxyl groups excluding tert-OH is 2. The van der Waals surface area contributed by atoms with Crippen molar-refractivity contribution in [3.63, 3.8) is 0 Å². The number of aliphatic hydroxyl groups is 2.